The Hall–Kier alpha value is -1.64. The Morgan fingerprint density at radius 1 is 1.08 bits per heavy atom. The first-order valence-corrected chi connectivity index (χ1v) is 9.48. The minimum atomic E-state index is -3.74. The Morgan fingerprint density at radius 2 is 1.64 bits per heavy atom. The number of hydrogen-bond acceptors (Lipinski definition) is 6. The molecule has 0 saturated carbocycles. The Kier molecular flexibility index (Phi) is 7.85. The number of benzene rings is 1. The second-order valence-electron chi connectivity index (χ2n) is 6.61. The standard InChI is InChI=1S/C17H27NO6S/c1-14-8-10-15(11-9-14)25(20,21)23-13-7-6-12-22-18(5)16(19)24-17(2,3)4/h8-11H,6-7,12-13H2,1-5H3. The quantitative estimate of drug-likeness (QED) is 0.395. The molecule has 0 saturated heterocycles. The van der Waals surface area contributed by atoms with E-state index in [1.165, 1.54) is 19.2 Å². The molecule has 0 fully saturated rings. The van der Waals surface area contributed by atoms with E-state index in [-0.39, 0.29) is 18.1 Å². The van der Waals surface area contributed by atoms with Crippen LogP contribution in [0.1, 0.15) is 39.2 Å². The largest absolute Gasteiger partial charge is 0.442 e. The van der Waals surface area contributed by atoms with Crippen LogP contribution in [0.15, 0.2) is 29.2 Å². The summed E-state index contributed by atoms with van der Waals surface area (Å²) in [4.78, 5) is 17.0. The molecule has 0 bridgehead atoms. The van der Waals surface area contributed by atoms with E-state index in [4.69, 9.17) is 13.8 Å². The molecule has 0 atom stereocenters. The zero-order chi connectivity index (χ0) is 19.1. The fourth-order valence-corrected chi connectivity index (χ4v) is 2.67. The number of amides is 1. The number of hydroxylamine groups is 2. The van der Waals surface area contributed by atoms with Crippen molar-refractivity contribution >= 4 is 16.2 Å². The van der Waals surface area contributed by atoms with Crippen molar-refractivity contribution in [1.29, 1.82) is 0 Å². The number of ether oxygens (including phenoxy) is 1. The summed E-state index contributed by atoms with van der Waals surface area (Å²) >= 11 is 0. The SMILES string of the molecule is Cc1ccc(S(=O)(=O)OCCCCON(C)C(=O)OC(C)(C)C)cc1. The maximum Gasteiger partial charge on any atom is 0.434 e. The molecule has 0 spiro atoms. The fourth-order valence-electron chi connectivity index (χ4n) is 1.73. The summed E-state index contributed by atoms with van der Waals surface area (Å²) in [6, 6.07) is 6.47. The number of aryl methyl sites for hydroxylation is 1. The van der Waals surface area contributed by atoms with E-state index < -0.39 is 21.8 Å². The van der Waals surface area contributed by atoms with Gasteiger partial charge in [0.05, 0.1) is 18.1 Å². The molecule has 8 heteroatoms. The van der Waals surface area contributed by atoms with Gasteiger partial charge in [-0.15, -0.1) is 0 Å². The van der Waals surface area contributed by atoms with Gasteiger partial charge in [-0.25, -0.2) is 4.79 Å². The van der Waals surface area contributed by atoms with E-state index in [2.05, 4.69) is 0 Å². The zero-order valence-electron chi connectivity index (χ0n) is 15.4. The molecule has 0 radical (unpaired) electrons. The van der Waals surface area contributed by atoms with Crippen LogP contribution in [0.5, 0.6) is 0 Å². The third-order valence-electron chi connectivity index (χ3n) is 3.02. The van der Waals surface area contributed by atoms with E-state index in [0.717, 1.165) is 10.6 Å². The predicted molar refractivity (Wildman–Crippen MR) is 93.5 cm³/mol. The van der Waals surface area contributed by atoms with Crippen molar-refractivity contribution in [3.8, 4) is 0 Å². The van der Waals surface area contributed by atoms with E-state index in [9.17, 15) is 13.2 Å². The Bertz CT molecular complexity index is 649. The monoisotopic (exact) mass is 373 g/mol. The second kappa shape index (κ2) is 9.17. The molecule has 25 heavy (non-hydrogen) atoms. The molecule has 0 aromatic heterocycles. The Labute approximate surface area is 149 Å². The molecule has 0 N–H and O–H groups in total. The lowest BCUT2D eigenvalue weighted by atomic mass is 10.2. The maximum absolute atomic E-state index is 12.0. The van der Waals surface area contributed by atoms with Crippen molar-refractivity contribution in [2.24, 2.45) is 0 Å². The van der Waals surface area contributed by atoms with Crippen LogP contribution in [-0.2, 0) is 23.9 Å². The summed E-state index contributed by atoms with van der Waals surface area (Å²) in [6.45, 7) is 7.49. The van der Waals surface area contributed by atoms with Gasteiger partial charge in [-0.05, 0) is 52.7 Å². The first-order valence-electron chi connectivity index (χ1n) is 8.07. The summed E-state index contributed by atoms with van der Waals surface area (Å²) in [5.41, 5.74) is 0.387. The Balaban J connectivity index is 2.25. The number of carbonyl (C=O) groups is 1. The highest BCUT2D eigenvalue weighted by Crippen LogP contribution is 2.14. The van der Waals surface area contributed by atoms with Crippen LogP contribution in [0.3, 0.4) is 0 Å². The summed E-state index contributed by atoms with van der Waals surface area (Å²) < 4.78 is 34.1. The number of rotatable bonds is 8. The summed E-state index contributed by atoms with van der Waals surface area (Å²) in [5, 5.41) is 1.02. The Morgan fingerprint density at radius 3 is 2.20 bits per heavy atom. The molecule has 1 aromatic carbocycles. The first-order chi connectivity index (χ1) is 11.5. The molecule has 0 heterocycles. The van der Waals surface area contributed by atoms with Crippen LogP contribution in [-0.4, -0.2) is 45.4 Å². The molecule has 7 nitrogen and oxygen atoms in total. The number of hydrogen-bond donors (Lipinski definition) is 0. The molecule has 0 aliphatic rings. The van der Waals surface area contributed by atoms with Gasteiger partial charge in [0.15, 0.2) is 0 Å². The van der Waals surface area contributed by atoms with Crippen LogP contribution in [0.4, 0.5) is 4.79 Å². The van der Waals surface area contributed by atoms with Crippen molar-refractivity contribution in [3.63, 3.8) is 0 Å². The van der Waals surface area contributed by atoms with Crippen LogP contribution in [0.2, 0.25) is 0 Å². The molecular formula is C17H27NO6S. The third kappa shape index (κ3) is 8.33. The predicted octanol–water partition coefficient (Wildman–Crippen LogP) is 3.28. The van der Waals surface area contributed by atoms with Crippen LogP contribution < -0.4 is 0 Å². The third-order valence-corrected chi connectivity index (χ3v) is 4.35. The van der Waals surface area contributed by atoms with Crippen molar-refractivity contribution < 1.29 is 27.0 Å². The summed E-state index contributed by atoms with van der Waals surface area (Å²) in [7, 11) is -2.27. The molecule has 142 valence electrons. The summed E-state index contributed by atoms with van der Waals surface area (Å²) in [6.07, 6.45) is 0.440. The van der Waals surface area contributed by atoms with Crippen molar-refractivity contribution in [2.75, 3.05) is 20.3 Å². The van der Waals surface area contributed by atoms with E-state index in [1.54, 1.807) is 32.9 Å². The average Bonchev–Trinajstić information content (AvgIpc) is 2.49. The van der Waals surface area contributed by atoms with Crippen LogP contribution >= 0.6 is 0 Å². The zero-order valence-corrected chi connectivity index (χ0v) is 16.3. The number of nitrogens with zero attached hydrogens (tertiary/aromatic N) is 1. The van der Waals surface area contributed by atoms with Gasteiger partial charge in [0.1, 0.15) is 5.60 Å². The van der Waals surface area contributed by atoms with Crippen LogP contribution in [0, 0.1) is 6.92 Å². The van der Waals surface area contributed by atoms with Gasteiger partial charge in [-0.3, -0.25) is 9.02 Å². The minimum Gasteiger partial charge on any atom is -0.442 e. The molecule has 1 rings (SSSR count). The normalized spacial score (nSPS) is 12.0. The van der Waals surface area contributed by atoms with Gasteiger partial charge in [-0.1, -0.05) is 17.7 Å². The van der Waals surface area contributed by atoms with Gasteiger partial charge in [0.2, 0.25) is 0 Å². The van der Waals surface area contributed by atoms with Gasteiger partial charge in [0.25, 0.3) is 10.1 Å². The van der Waals surface area contributed by atoms with Crippen molar-refractivity contribution in [3.05, 3.63) is 29.8 Å². The molecule has 0 aliphatic carbocycles. The van der Waals surface area contributed by atoms with E-state index in [1.807, 2.05) is 6.92 Å². The molecular weight excluding hydrogens is 346 g/mol. The van der Waals surface area contributed by atoms with Crippen LogP contribution in [0.25, 0.3) is 0 Å². The minimum absolute atomic E-state index is 0.0513. The number of unbranched alkanes of at least 4 members (excludes halogenated alkanes) is 1. The highest BCUT2D eigenvalue weighted by molar-refractivity contribution is 7.86. The smallest absolute Gasteiger partial charge is 0.434 e. The molecule has 1 aromatic rings. The summed E-state index contributed by atoms with van der Waals surface area (Å²) in [5.74, 6) is 0. The van der Waals surface area contributed by atoms with E-state index in [0.29, 0.717) is 12.8 Å². The van der Waals surface area contributed by atoms with Gasteiger partial charge >= 0.3 is 6.09 Å². The maximum atomic E-state index is 12.0. The molecule has 0 aliphatic heterocycles. The number of carbonyl (C=O) groups excluding carboxylic acids is 1. The topological polar surface area (TPSA) is 82.1 Å². The van der Waals surface area contributed by atoms with Crippen molar-refractivity contribution in [2.45, 2.75) is 51.0 Å². The molecule has 0 unspecified atom stereocenters. The first kappa shape index (κ1) is 21.4. The lowest BCUT2D eigenvalue weighted by Crippen LogP contribution is -2.34. The lowest BCUT2D eigenvalue weighted by molar-refractivity contribution is -0.132. The van der Waals surface area contributed by atoms with Crippen molar-refractivity contribution in [1.82, 2.24) is 5.06 Å². The molecule has 1 amide bonds. The highest BCUT2D eigenvalue weighted by Gasteiger charge is 2.20. The van der Waals surface area contributed by atoms with Gasteiger partial charge < -0.3 is 4.74 Å². The lowest BCUT2D eigenvalue weighted by Gasteiger charge is -2.24. The average molecular weight is 373 g/mol. The second-order valence-corrected chi connectivity index (χ2v) is 8.22. The highest BCUT2D eigenvalue weighted by atomic mass is 32.2. The van der Waals surface area contributed by atoms with E-state index >= 15 is 0 Å². The van der Waals surface area contributed by atoms with Gasteiger partial charge in [0, 0.05) is 7.05 Å². The van der Waals surface area contributed by atoms with Gasteiger partial charge in [-0.2, -0.15) is 13.5 Å². The fraction of sp³-hybridized carbons (Fsp3) is 0.588.